The average Bonchev–Trinajstić information content (AvgIpc) is 2.63. The van der Waals surface area contributed by atoms with E-state index in [1.165, 1.54) is 5.56 Å². The maximum absolute atomic E-state index is 12.6. The van der Waals surface area contributed by atoms with Crippen molar-refractivity contribution in [1.82, 2.24) is 4.90 Å². The highest BCUT2D eigenvalue weighted by molar-refractivity contribution is 9.10. The fraction of sp³-hybridized carbons (Fsp3) is 0.350. The third kappa shape index (κ3) is 4.83. The molecule has 0 bridgehead atoms. The number of carbonyl (C=O) groups excluding carboxylic acids is 1. The summed E-state index contributed by atoms with van der Waals surface area (Å²) in [6, 6.07) is 15.9. The molecule has 3 rings (SSSR count). The van der Waals surface area contributed by atoms with Crippen LogP contribution in [0.2, 0.25) is 0 Å². The minimum absolute atomic E-state index is 0.0590. The summed E-state index contributed by atoms with van der Waals surface area (Å²) < 4.78 is 6.41. The second kappa shape index (κ2) is 8.50. The summed E-state index contributed by atoms with van der Waals surface area (Å²) in [5.74, 6) is 0.846. The van der Waals surface area contributed by atoms with Gasteiger partial charge >= 0.3 is 0 Å². The molecule has 0 aliphatic carbocycles. The number of methoxy groups -OCH3 is 1. The molecule has 5 heteroatoms. The number of benzene rings is 2. The third-order valence-electron chi connectivity index (χ3n) is 4.62. The molecule has 0 spiro atoms. The molecule has 1 saturated heterocycles. The van der Waals surface area contributed by atoms with Crippen LogP contribution in [-0.4, -0.2) is 31.0 Å². The van der Waals surface area contributed by atoms with E-state index in [4.69, 9.17) is 4.74 Å². The molecular formula is C20H23BrN2O2. The number of carbonyl (C=O) groups is 1. The van der Waals surface area contributed by atoms with Gasteiger partial charge in [0.05, 0.1) is 12.8 Å². The minimum atomic E-state index is 0.0590. The van der Waals surface area contributed by atoms with Crippen LogP contribution in [-0.2, 0) is 11.3 Å². The second-order valence-corrected chi connectivity index (χ2v) is 7.29. The van der Waals surface area contributed by atoms with Crippen LogP contribution in [0, 0.1) is 5.92 Å². The van der Waals surface area contributed by atoms with Crippen molar-refractivity contribution in [2.45, 2.75) is 19.4 Å². The van der Waals surface area contributed by atoms with Crippen LogP contribution in [0.4, 0.5) is 5.69 Å². The smallest absolute Gasteiger partial charge is 0.227 e. The van der Waals surface area contributed by atoms with Gasteiger partial charge in [0.2, 0.25) is 5.91 Å². The Balaban J connectivity index is 1.52. The largest absolute Gasteiger partial charge is 0.495 e. The van der Waals surface area contributed by atoms with E-state index in [9.17, 15) is 4.79 Å². The minimum Gasteiger partial charge on any atom is -0.495 e. The summed E-state index contributed by atoms with van der Waals surface area (Å²) >= 11 is 3.52. The van der Waals surface area contributed by atoms with Gasteiger partial charge in [-0.15, -0.1) is 0 Å². The lowest BCUT2D eigenvalue weighted by atomic mass is 9.95. The first-order chi connectivity index (χ1) is 12.2. The quantitative estimate of drug-likeness (QED) is 0.809. The van der Waals surface area contributed by atoms with Crippen molar-refractivity contribution in [1.29, 1.82) is 0 Å². The zero-order chi connectivity index (χ0) is 17.6. The molecule has 1 aliphatic heterocycles. The molecule has 0 saturated carbocycles. The Kier molecular flexibility index (Phi) is 6.10. The van der Waals surface area contributed by atoms with E-state index >= 15 is 0 Å². The predicted octanol–water partition coefficient (Wildman–Crippen LogP) is 4.31. The number of para-hydroxylation sites is 2. The number of amides is 1. The Hall–Kier alpha value is -1.85. The van der Waals surface area contributed by atoms with Crippen LogP contribution in [0.5, 0.6) is 5.75 Å². The number of anilines is 1. The van der Waals surface area contributed by atoms with Crippen LogP contribution in [0.1, 0.15) is 18.4 Å². The van der Waals surface area contributed by atoms with Crippen molar-refractivity contribution in [3.05, 3.63) is 58.6 Å². The zero-order valence-corrected chi connectivity index (χ0v) is 16.0. The molecule has 2 aromatic rings. The van der Waals surface area contributed by atoms with Gasteiger partial charge in [-0.3, -0.25) is 9.69 Å². The number of hydrogen-bond donors (Lipinski definition) is 1. The van der Waals surface area contributed by atoms with E-state index in [0.717, 1.165) is 42.6 Å². The number of rotatable bonds is 5. The fourth-order valence-corrected chi connectivity index (χ4v) is 3.68. The fourth-order valence-electron chi connectivity index (χ4n) is 3.23. The van der Waals surface area contributed by atoms with E-state index in [-0.39, 0.29) is 11.8 Å². The Morgan fingerprint density at radius 3 is 2.68 bits per heavy atom. The highest BCUT2D eigenvalue weighted by Gasteiger charge is 2.25. The summed E-state index contributed by atoms with van der Waals surface area (Å²) in [6.07, 6.45) is 1.77. The van der Waals surface area contributed by atoms with Crippen molar-refractivity contribution < 1.29 is 9.53 Å². The number of hydrogen-bond acceptors (Lipinski definition) is 3. The van der Waals surface area contributed by atoms with Gasteiger partial charge in [0.25, 0.3) is 0 Å². The molecule has 0 radical (unpaired) electrons. The maximum Gasteiger partial charge on any atom is 0.227 e. The highest BCUT2D eigenvalue weighted by Crippen LogP contribution is 2.26. The Morgan fingerprint density at radius 2 is 1.96 bits per heavy atom. The van der Waals surface area contributed by atoms with E-state index < -0.39 is 0 Å². The van der Waals surface area contributed by atoms with Crippen LogP contribution in [0.3, 0.4) is 0 Å². The van der Waals surface area contributed by atoms with Gasteiger partial charge in [-0.05, 0) is 55.8 Å². The standard InChI is InChI=1S/C20H23BrN2O2/c1-25-19-8-3-2-7-18(19)22-20(24)16-9-11-23(12-10-16)14-15-5-4-6-17(21)13-15/h2-8,13,16H,9-12,14H2,1H3,(H,22,24). The molecule has 0 aromatic heterocycles. The van der Waals surface area contributed by atoms with Gasteiger partial charge in [0.1, 0.15) is 5.75 Å². The van der Waals surface area contributed by atoms with Crippen molar-refractivity contribution in [2.24, 2.45) is 5.92 Å². The van der Waals surface area contributed by atoms with Gasteiger partial charge < -0.3 is 10.1 Å². The molecule has 1 N–H and O–H groups in total. The number of halogens is 1. The van der Waals surface area contributed by atoms with Crippen molar-refractivity contribution in [3.8, 4) is 5.75 Å². The van der Waals surface area contributed by atoms with E-state index in [1.807, 2.05) is 30.3 Å². The van der Waals surface area contributed by atoms with Gasteiger partial charge in [0.15, 0.2) is 0 Å². The number of piperidine rings is 1. The first kappa shape index (κ1) is 18.0. The molecule has 0 atom stereocenters. The van der Waals surface area contributed by atoms with E-state index in [2.05, 4.69) is 44.3 Å². The normalized spacial score (nSPS) is 15.8. The topological polar surface area (TPSA) is 41.6 Å². The zero-order valence-electron chi connectivity index (χ0n) is 14.4. The summed E-state index contributed by atoms with van der Waals surface area (Å²) in [5, 5.41) is 3.01. The molecule has 1 heterocycles. The molecule has 0 unspecified atom stereocenters. The van der Waals surface area contributed by atoms with Crippen LogP contribution < -0.4 is 10.1 Å². The first-order valence-electron chi connectivity index (χ1n) is 8.56. The van der Waals surface area contributed by atoms with Crippen molar-refractivity contribution in [3.63, 3.8) is 0 Å². The SMILES string of the molecule is COc1ccccc1NC(=O)C1CCN(Cc2cccc(Br)c2)CC1. The van der Waals surface area contributed by atoms with Gasteiger partial charge in [-0.2, -0.15) is 0 Å². The molecule has 4 nitrogen and oxygen atoms in total. The first-order valence-corrected chi connectivity index (χ1v) is 9.35. The van der Waals surface area contributed by atoms with Crippen molar-refractivity contribution in [2.75, 3.05) is 25.5 Å². The van der Waals surface area contributed by atoms with Crippen LogP contribution in [0.15, 0.2) is 53.0 Å². The summed E-state index contributed by atoms with van der Waals surface area (Å²) in [7, 11) is 1.62. The average molecular weight is 403 g/mol. The Labute approximate surface area is 157 Å². The summed E-state index contributed by atoms with van der Waals surface area (Å²) in [5.41, 5.74) is 2.04. The lowest BCUT2D eigenvalue weighted by Gasteiger charge is -2.31. The molecule has 1 fully saturated rings. The van der Waals surface area contributed by atoms with Crippen LogP contribution in [0.25, 0.3) is 0 Å². The van der Waals surface area contributed by atoms with Gasteiger partial charge in [-0.1, -0.05) is 40.2 Å². The lowest BCUT2D eigenvalue weighted by molar-refractivity contribution is -0.121. The van der Waals surface area contributed by atoms with Gasteiger partial charge in [0, 0.05) is 16.9 Å². The van der Waals surface area contributed by atoms with Crippen LogP contribution >= 0.6 is 15.9 Å². The highest BCUT2D eigenvalue weighted by atomic mass is 79.9. The van der Waals surface area contributed by atoms with E-state index in [0.29, 0.717) is 5.75 Å². The van der Waals surface area contributed by atoms with Crippen molar-refractivity contribution >= 4 is 27.5 Å². The molecule has 1 amide bonds. The van der Waals surface area contributed by atoms with E-state index in [1.54, 1.807) is 7.11 Å². The summed E-state index contributed by atoms with van der Waals surface area (Å²) in [6.45, 7) is 2.81. The van der Waals surface area contributed by atoms with Gasteiger partial charge in [-0.25, -0.2) is 0 Å². The monoisotopic (exact) mass is 402 g/mol. The number of ether oxygens (including phenoxy) is 1. The second-order valence-electron chi connectivity index (χ2n) is 6.37. The third-order valence-corrected chi connectivity index (χ3v) is 5.11. The molecule has 2 aromatic carbocycles. The molecular weight excluding hydrogens is 380 g/mol. The predicted molar refractivity (Wildman–Crippen MR) is 104 cm³/mol. The molecule has 132 valence electrons. The maximum atomic E-state index is 12.6. The number of likely N-dealkylation sites (tertiary alicyclic amines) is 1. The Morgan fingerprint density at radius 1 is 1.20 bits per heavy atom. The number of nitrogens with one attached hydrogen (secondary N) is 1. The molecule has 25 heavy (non-hydrogen) atoms. The lowest BCUT2D eigenvalue weighted by Crippen LogP contribution is -2.37. The summed E-state index contributed by atoms with van der Waals surface area (Å²) in [4.78, 5) is 15.0. The number of nitrogens with zero attached hydrogens (tertiary/aromatic N) is 1. The Bertz CT molecular complexity index is 727. The molecule has 1 aliphatic rings.